The average molecular weight is 450 g/mol. The van der Waals surface area contributed by atoms with Crippen LogP contribution in [-0.2, 0) is 16.0 Å². The molecule has 0 fully saturated rings. The van der Waals surface area contributed by atoms with Gasteiger partial charge in [0.05, 0.1) is 37.2 Å². The fourth-order valence-electron chi connectivity index (χ4n) is 4.53. The molecule has 33 heavy (non-hydrogen) atoms. The molecule has 2 aromatic rings. The second-order valence-corrected chi connectivity index (χ2v) is 9.62. The van der Waals surface area contributed by atoms with E-state index in [1.54, 1.807) is 7.11 Å². The molecule has 1 atom stereocenters. The Morgan fingerprint density at radius 2 is 2.03 bits per heavy atom. The lowest BCUT2D eigenvalue weighted by molar-refractivity contribution is 0.155. The molecule has 6 nitrogen and oxygen atoms in total. The molecule has 0 saturated heterocycles. The van der Waals surface area contributed by atoms with Gasteiger partial charge in [-0.15, -0.1) is 0 Å². The molecular weight excluding hydrogens is 414 g/mol. The molecule has 4 rings (SSSR count). The third-order valence-corrected chi connectivity index (χ3v) is 6.23. The lowest BCUT2D eigenvalue weighted by Gasteiger charge is -2.46. The summed E-state index contributed by atoms with van der Waals surface area (Å²) in [5.74, 6) is 1.46. The van der Waals surface area contributed by atoms with Crippen LogP contribution in [0.25, 0.3) is 16.6 Å². The van der Waals surface area contributed by atoms with Gasteiger partial charge in [-0.05, 0) is 30.1 Å². The molecule has 0 saturated carbocycles. The Bertz CT molecular complexity index is 1130. The van der Waals surface area contributed by atoms with Gasteiger partial charge in [0.2, 0.25) is 0 Å². The molecule has 1 aromatic heterocycles. The zero-order valence-electron chi connectivity index (χ0n) is 20.5. The third kappa shape index (κ3) is 4.32. The van der Waals surface area contributed by atoms with Gasteiger partial charge in [-0.2, -0.15) is 5.10 Å². The highest BCUT2D eigenvalue weighted by Crippen LogP contribution is 2.44. The Kier molecular flexibility index (Phi) is 6.39. The first-order valence-electron chi connectivity index (χ1n) is 11.6. The van der Waals surface area contributed by atoms with E-state index in [1.165, 1.54) is 0 Å². The van der Waals surface area contributed by atoms with Crippen molar-refractivity contribution in [3.05, 3.63) is 66.2 Å². The summed E-state index contributed by atoms with van der Waals surface area (Å²) in [6.07, 6.45) is 5.12. The minimum atomic E-state index is 0.0155. The molecule has 2 aliphatic rings. The minimum absolute atomic E-state index is 0.0155. The van der Waals surface area contributed by atoms with Crippen molar-refractivity contribution in [2.24, 2.45) is 5.41 Å². The number of hydrogen-bond donors (Lipinski definition) is 0. The third-order valence-electron chi connectivity index (χ3n) is 6.23. The maximum Gasteiger partial charge on any atom is 0.147 e. The number of methoxy groups -OCH3 is 1. The number of hydrogen-bond acceptors (Lipinski definition) is 5. The molecular formula is C27H35N3O3. The predicted octanol–water partition coefficient (Wildman–Crippen LogP) is 5.53. The van der Waals surface area contributed by atoms with Crippen molar-refractivity contribution in [3.63, 3.8) is 0 Å². The predicted molar refractivity (Wildman–Crippen MR) is 133 cm³/mol. The summed E-state index contributed by atoms with van der Waals surface area (Å²) in [6.45, 7) is 19.8. The van der Waals surface area contributed by atoms with Crippen molar-refractivity contribution < 1.29 is 14.2 Å². The molecule has 1 aromatic carbocycles. The fraction of sp³-hybridized carbons (Fsp3) is 0.444. The first-order chi connectivity index (χ1) is 15.8. The number of benzene rings is 1. The van der Waals surface area contributed by atoms with Crippen LogP contribution in [0.15, 0.2) is 60.5 Å². The van der Waals surface area contributed by atoms with E-state index in [9.17, 15) is 0 Å². The van der Waals surface area contributed by atoms with E-state index >= 15 is 0 Å². The number of rotatable bonds is 8. The lowest BCUT2D eigenvalue weighted by atomic mass is 9.82. The van der Waals surface area contributed by atoms with Crippen LogP contribution < -0.4 is 4.74 Å². The van der Waals surface area contributed by atoms with Crippen LogP contribution in [0, 0.1) is 5.41 Å². The summed E-state index contributed by atoms with van der Waals surface area (Å²) >= 11 is 0. The smallest absolute Gasteiger partial charge is 0.147 e. The molecule has 0 N–H and O–H groups in total. The second-order valence-electron chi connectivity index (χ2n) is 9.62. The maximum absolute atomic E-state index is 6.08. The quantitative estimate of drug-likeness (QED) is 0.392. The molecule has 0 aliphatic carbocycles. The van der Waals surface area contributed by atoms with Gasteiger partial charge in [-0.25, -0.2) is 0 Å². The highest BCUT2D eigenvalue weighted by atomic mass is 16.5. The summed E-state index contributed by atoms with van der Waals surface area (Å²) in [5.41, 5.74) is 4.92. The van der Waals surface area contributed by atoms with Crippen LogP contribution in [0.3, 0.4) is 0 Å². The average Bonchev–Trinajstić information content (AvgIpc) is 3.15. The van der Waals surface area contributed by atoms with Gasteiger partial charge in [0.25, 0.3) is 0 Å². The summed E-state index contributed by atoms with van der Waals surface area (Å²) in [4.78, 5) is 2.36. The highest BCUT2D eigenvalue weighted by molar-refractivity contribution is 5.95. The molecule has 0 radical (unpaired) electrons. The fourth-order valence-corrected chi connectivity index (χ4v) is 4.53. The molecule has 3 heterocycles. The number of nitrogens with zero attached hydrogens (tertiary/aromatic N) is 3. The van der Waals surface area contributed by atoms with Gasteiger partial charge in [-0.3, -0.25) is 4.68 Å². The zero-order valence-corrected chi connectivity index (χ0v) is 20.5. The maximum atomic E-state index is 6.08. The SMILES string of the molecule is C=C1C=C2c3c4cccc(OCCCOC)c4nn3C[C@@H](C(C)(C)C)N2C=C1C(=C)OCC. The van der Waals surface area contributed by atoms with Crippen molar-refractivity contribution in [1.29, 1.82) is 0 Å². The van der Waals surface area contributed by atoms with E-state index in [1.807, 2.05) is 19.1 Å². The number of aromatic nitrogens is 2. The van der Waals surface area contributed by atoms with Gasteiger partial charge in [0.15, 0.2) is 0 Å². The normalized spacial score (nSPS) is 17.9. The lowest BCUT2D eigenvalue weighted by Crippen LogP contribution is -2.47. The van der Waals surface area contributed by atoms with Crippen molar-refractivity contribution in [3.8, 4) is 5.75 Å². The van der Waals surface area contributed by atoms with Crippen LogP contribution in [0.2, 0.25) is 0 Å². The Morgan fingerprint density at radius 1 is 1.24 bits per heavy atom. The van der Waals surface area contributed by atoms with E-state index in [0.29, 0.717) is 25.6 Å². The Balaban J connectivity index is 1.80. The number of fused-ring (bicyclic) bond motifs is 5. The summed E-state index contributed by atoms with van der Waals surface area (Å²) in [5, 5.41) is 6.10. The van der Waals surface area contributed by atoms with Crippen LogP contribution >= 0.6 is 0 Å². The highest BCUT2D eigenvalue weighted by Gasteiger charge is 2.40. The van der Waals surface area contributed by atoms with E-state index in [0.717, 1.165) is 52.2 Å². The van der Waals surface area contributed by atoms with Crippen LogP contribution in [0.4, 0.5) is 0 Å². The molecule has 176 valence electrons. The minimum Gasteiger partial charge on any atom is -0.494 e. The monoisotopic (exact) mass is 449 g/mol. The van der Waals surface area contributed by atoms with Crippen LogP contribution in [0.5, 0.6) is 5.75 Å². The Morgan fingerprint density at radius 3 is 2.73 bits per heavy atom. The van der Waals surface area contributed by atoms with Crippen molar-refractivity contribution >= 4 is 16.6 Å². The molecule has 0 bridgehead atoms. The van der Waals surface area contributed by atoms with Crippen molar-refractivity contribution in [2.75, 3.05) is 26.9 Å². The zero-order chi connectivity index (χ0) is 23.8. The van der Waals surface area contributed by atoms with Gasteiger partial charge in [-0.1, -0.05) is 46.1 Å². The van der Waals surface area contributed by atoms with Crippen LogP contribution in [0.1, 0.15) is 39.8 Å². The van der Waals surface area contributed by atoms with Crippen molar-refractivity contribution in [2.45, 2.75) is 46.7 Å². The molecule has 0 spiro atoms. The largest absolute Gasteiger partial charge is 0.494 e. The Hall–Kier alpha value is -2.99. The van der Waals surface area contributed by atoms with E-state index < -0.39 is 0 Å². The van der Waals surface area contributed by atoms with Gasteiger partial charge in [0, 0.05) is 37.3 Å². The van der Waals surface area contributed by atoms with E-state index in [2.05, 4.69) is 61.9 Å². The number of allylic oxidation sites excluding steroid dienone is 2. The topological polar surface area (TPSA) is 48.8 Å². The summed E-state index contributed by atoms with van der Waals surface area (Å²) in [7, 11) is 1.71. The molecule has 0 amide bonds. The van der Waals surface area contributed by atoms with Gasteiger partial charge in [0.1, 0.15) is 17.0 Å². The van der Waals surface area contributed by atoms with Gasteiger partial charge < -0.3 is 19.1 Å². The summed E-state index contributed by atoms with van der Waals surface area (Å²) < 4.78 is 19.1. The molecule has 2 aliphatic heterocycles. The summed E-state index contributed by atoms with van der Waals surface area (Å²) in [6, 6.07) is 6.35. The molecule has 0 unspecified atom stereocenters. The second kappa shape index (κ2) is 9.10. The van der Waals surface area contributed by atoms with Gasteiger partial charge >= 0.3 is 0 Å². The van der Waals surface area contributed by atoms with E-state index in [4.69, 9.17) is 19.3 Å². The van der Waals surface area contributed by atoms with Crippen molar-refractivity contribution in [1.82, 2.24) is 14.7 Å². The first kappa shape index (κ1) is 23.2. The first-order valence-corrected chi connectivity index (χ1v) is 11.6. The van der Waals surface area contributed by atoms with Crippen LogP contribution in [-0.4, -0.2) is 47.7 Å². The van der Waals surface area contributed by atoms with E-state index in [-0.39, 0.29) is 11.5 Å². The molecule has 6 heteroatoms. The standard InChI is InChI=1S/C27H35N3O3/c1-8-32-19(3)21-16-29-22(15-18(21)2)26-20-11-9-12-23(33-14-10-13-31-7)25(20)28-30(26)17-24(29)27(4,5)6/h9,11-12,15-16,24H,2-3,8,10,13-14,17H2,1,4-7H3/t24-/m0/s1. The Labute approximate surface area is 196 Å². The number of ether oxygens (including phenoxy) is 3.